The Kier molecular flexibility index (Phi) is 3.22. The van der Waals surface area contributed by atoms with Crippen LogP contribution in [0.5, 0.6) is 0 Å². The number of sulfone groups is 1. The van der Waals surface area contributed by atoms with Crippen molar-refractivity contribution in [1.82, 2.24) is 0 Å². The lowest BCUT2D eigenvalue weighted by atomic mass is 10.4. The molecule has 4 heteroatoms. The molecule has 0 amide bonds. The van der Waals surface area contributed by atoms with E-state index in [2.05, 4.69) is 0 Å². The SMILES string of the molecule is NC/C=C/S(=O)(=O)c1ccccc1. The third-order valence-corrected chi connectivity index (χ3v) is 2.96. The van der Waals surface area contributed by atoms with Crippen LogP contribution < -0.4 is 5.73 Å². The summed E-state index contributed by atoms with van der Waals surface area (Å²) in [5, 5.41) is 1.13. The van der Waals surface area contributed by atoms with Crippen molar-refractivity contribution in [2.45, 2.75) is 4.90 Å². The molecular weight excluding hydrogens is 186 g/mol. The van der Waals surface area contributed by atoms with Gasteiger partial charge in [-0.15, -0.1) is 0 Å². The minimum atomic E-state index is -3.28. The zero-order valence-corrected chi connectivity index (χ0v) is 7.87. The monoisotopic (exact) mass is 197 g/mol. The Balaban J connectivity index is 3.02. The van der Waals surface area contributed by atoms with Gasteiger partial charge in [0.1, 0.15) is 0 Å². The molecule has 0 aliphatic rings. The fraction of sp³-hybridized carbons (Fsp3) is 0.111. The summed E-state index contributed by atoms with van der Waals surface area (Å²) in [5.41, 5.74) is 5.16. The molecule has 0 heterocycles. The molecule has 0 fully saturated rings. The molecular formula is C9H11NO2S. The first-order chi connectivity index (χ1) is 6.17. The average molecular weight is 197 g/mol. The maximum absolute atomic E-state index is 11.4. The second-order valence-electron chi connectivity index (χ2n) is 2.47. The largest absolute Gasteiger partial charge is 0.327 e. The smallest absolute Gasteiger partial charge is 0.199 e. The molecule has 0 bridgehead atoms. The molecule has 70 valence electrons. The minimum absolute atomic E-state index is 0.228. The summed E-state index contributed by atoms with van der Waals surface area (Å²) in [7, 11) is -3.28. The lowest BCUT2D eigenvalue weighted by Gasteiger charge is -1.96. The third kappa shape index (κ3) is 2.68. The number of hydrogen-bond donors (Lipinski definition) is 1. The van der Waals surface area contributed by atoms with Crippen LogP contribution in [-0.2, 0) is 9.84 Å². The molecule has 13 heavy (non-hydrogen) atoms. The molecule has 0 aliphatic carbocycles. The first-order valence-electron chi connectivity index (χ1n) is 3.83. The summed E-state index contributed by atoms with van der Waals surface area (Å²) in [6, 6.07) is 8.24. The molecule has 0 spiro atoms. The standard InChI is InChI=1S/C9H11NO2S/c10-7-4-8-13(11,12)9-5-2-1-3-6-9/h1-6,8H,7,10H2/b8-4+. The van der Waals surface area contributed by atoms with Crippen LogP contribution in [0.4, 0.5) is 0 Å². The molecule has 2 N–H and O–H groups in total. The van der Waals surface area contributed by atoms with Gasteiger partial charge in [-0.05, 0) is 12.1 Å². The van der Waals surface area contributed by atoms with Gasteiger partial charge in [-0.1, -0.05) is 24.3 Å². The fourth-order valence-electron chi connectivity index (χ4n) is 0.871. The van der Waals surface area contributed by atoms with Gasteiger partial charge < -0.3 is 5.73 Å². The van der Waals surface area contributed by atoms with Crippen LogP contribution in [0.15, 0.2) is 46.7 Å². The van der Waals surface area contributed by atoms with Crippen LogP contribution in [0, 0.1) is 0 Å². The van der Waals surface area contributed by atoms with E-state index in [-0.39, 0.29) is 6.54 Å². The summed E-state index contributed by atoms with van der Waals surface area (Å²) < 4.78 is 22.9. The zero-order valence-electron chi connectivity index (χ0n) is 7.05. The molecule has 0 aromatic heterocycles. The Morgan fingerprint density at radius 1 is 1.23 bits per heavy atom. The van der Waals surface area contributed by atoms with Gasteiger partial charge in [0.15, 0.2) is 9.84 Å². The highest BCUT2D eigenvalue weighted by molar-refractivity contribution is 7.94. The van der Waals surface area contributed by atoms with Crippen LogP contribution in [0.3, 0.4) is 0 Å². The predicted octanol–water partition coefficient (Wildman–Crippen LogP) is 0.933. The first kappa shape index (κ1) is 9.95. The summed E-state index contributed by atoms with van der Waals surface area (Å²) in [6.07, 6.45) is 1.42. The highest BCUT2D eigenvalue weighted by Gasteiger charge is 2.07. The molecule has 1 aromatic carbocycles. The summed E-state index contributed by atoms with van der Waals surface area (Å²) in [6.45, 7) is 0.228. The second kappa shape index (κ2) is 4.20. The Morgan fingerprint density at radius 2 is 1.85 bits per heavy atom. The topological polar surface area (TPSA) is 60.2 Å². The Labute approximate surface area is 77.8 Å². The highest BCUT2D eigenvalue weighted by Crippen LogP contribution is 2.10. The molecule has 0 saturated carbocycles. The fourth-order valence-corrected chi connectivity index (χ4v) is 1.93. The van der Waals surface area contributed by atoms with Crippen molar-refractivity contribution in [3.05, 3.63) is 41.8 Å². The molecule has 1 rings (SSSR count). The maximum atomic E-state index is 11.4. The molecule has 0 atom stereocenters. The van der Waals surface area contributed by atoms with Gasteiger partial charge in [-0.25, -0.2) is 8.42 Å². The number of hydrogen-bond acceptors (Lipinski definition) is 3. The molecule has 0 saturated heterocycles. The van der Waals surface area contributed by atoms with Crippen LogP contribution in [0.1, 0.15) is 0 Å². The van der Waals surface area contributed by atoms with Gasteiger partial charge >= 0.3 is 0 Å². The van der Waals surface area contributed by atoms with Crippen molar-refractivity contribution >= 4 is 9.84 Å². The lowest BCUT2D eigenvalue weighted by Crippen LogP contribution is -1.98. The van der Waals surface area contributed by atoms with E-state index < -0.39 is 9.84 Å². The molecule has 0 radical (unpaired) electrons. The van der Waals surface area contributed by atoms with E-state index in [0.717, 1.165) is 5.41 Å². The van der Waals surface area contributed by atoms with Crippen molar-refractivity contribution in [3.63, 3.8) is 0 Å². The molecule has 1 aromatic rings. The van der Waals surface area contributed by atoms with E-state index in [0.29, 0.717) is 4.90 Å². The third-order valence-electron chi connectivity index (χ3n) is 1.48. The normalized spacial score (nSPS) is 12.1. The number of nitrogens with two attached hydrogens (primary N) is 1. The predicted molar refractivity (Wildman–Crippen MR) is 51.8 cm³/mol. The Bertz CT molecular complexity index is 381. The summed E-state index contributed by atoms with van der Waals surface area (Å²) in [4.78, 5) is 0.291. The van der Waals surface area contributed by atoms with Gasteiger partial charge in [-0.3, -0.25) is 0 Å². The number of benzene rings is 1. The van der Waals surface area contributed by atoms with Crippen molar-refractivity contribution in [2.75, 3.05) is 6.54 Å². The van der Waals surface area contributed by atoms with Gasteiger partial charge in [-0.2, -0.15) is 0 Å². The van der Waals surface area contributed by atoms with Crippen molar-refractivity contribution in [1.29, 1.82) is 0 Å². The van der Waals surface area contributed by atoms with Crippen LogP contribution in [-0.4, -0.2) is 15.0 Å². The van der Waals surface area contributed by atoms with Crippen LogP contribution >= 0.6 is 0 Å². The Morgan fingerprint density at radius 3 is 2.38 bits per heavy atom. The molecule has 0 aliphatic heterocycles. The quantitative estimate of drug-likeness (QED) is 0.784. The minimum Gasteiger partial charge on any atom is -0.327 e. The van der Waals surface area contributed by atoms with E-state index >= 15 is 0 Å². The van der Waals surface area contributed by atoms with Gasteiger partial charge in [0, 0.05) is 12.0 Å². The Hall–Kier alpha value is -1.13. The molecule has 3 nitrogen and oxygen atoms in total. The van der Waals surface area contributed by atoms with E-state index in [1.165, 1.54) is 6.08 Å². The molecule has 0 unspecified atom stereocenters. The van der Waals surface area contributed by atoms with Crippen LogP contribution in [0.25, 0.3) is 0 Å². The van der Waals surface area contributed by atoms with Crippen LogP contribution in [0.2, 0.25) is 0 Å². The van der Waals surface area contributed by atoms with Gasteiger partial charge in [0.25, 0.3) is 0 Å². The average Bonchev–Trinajstić information content (AvgIpc) is 2.16. The highest BCUT2D eigenvalue weighted by atomic mass is 32.2. The van der Waals surface area contributed by atoms with Gasteiger partial charge in [0.05, 0.1) is 4.90 Å². The maximum Gasteiger partial charge on any atom is 0.199 e. The van der Waals surface area contributed by atoms with E-state index in [4.69, 9.17) is 5.73 Å². The van der Waals surface area contributed by atoms with Crippen molar-refractivity contribution in [3.8, 4) is 0 Å². The zero-order chi connectivity index (χ0) is 9.73. The van der Waals surface area contributed by atoms with Crippen molar-refractivity contribution < 1.29 is 8.42 Å². The van der Waals surface area contributed by atoms with Gasteiger partial charge in [0.2, 0.25) is 0 Å². The summed E-state index contributed by atoms with van der Waals surface area (Å²) in [5.74, 6) is 0. The van der Waals surface area contributed by atoms with E-state index in [1.807, 2.05) is 0 Å². The summed E-state index contributed by atoms with van der Waals surface area (Å²) >= 11 is 0. The van der Waals surface area contributed by atoms with Crippen molar-refractivity contribution in [2.24, 2.45) is 5.73 Å². The van der Waals surface area contributed by atoms with E-state index in [9.17, 15) is 8.42 Å². The second-order valence-corrected chi connectivity index (χ2v) is 4.30. The number of rotatable bonds is 3. The van der Waals surface area contributed by atoms with E-state index in [1.54, 1.807) is 30.3 Å². The lowest BCUT2D eigenvalue weighted by molar-refractivity contribution is 0.604. The first-order valence-corrected chi connectivity index (χ1v) is 5.38.